The Hall–Kier alpha value is -2.98. The number of halogens is 1. The zero-order valence-corrected chi connectivity index (χ0v) is 14.0. The summed E-state index contributed by atoms with van der Waals surface area (Å²) in [5, 5.41) is 9.39. The molecular formula is C14H12ClN5O4S. The molecule has 25 heavy (non-hydrogen) atoms. The molecular weight excluding hydrogens is 370 g/mol. The minimum Gasteiger partial charge on any atom is -0.506 e. The molecule has 0 aliphatic rings. The van der Waals surface area contributed by atoms with Crippen LogP contribution in [0, 0.1) is 0 Å². The number of nitrogens with zero attached hydrogens (tertiary/aromatic N) is 1. The number of rotatable bonds is 4. The van der Waals surface area contributed by atoms with Crippen molar-refractivity contribution in [3.63, 3.8) is 0 Å². The number of benzene rings is 2. The summed E-state index contributed by atoms with van der Waals surface area (Å²) >= 11 is 5.78. The number of aromatic hydroxyl groups is 1. The Bertz CT molecular complexity index is 1110. The lowest BCUT2D eigenvalue weighted by Crippen LogP contribution is -2.16. The first-order valence-electron chi connectivity index (χ1n) is 6.78. The Kier molecular flexibility index (Phi) is 3.93. The fourth-order valence-corrected chi connectivity index (χ4v) is 3.61. The third-order valence-corrected chi connectivity index (χ3v) is 5.01. The molecule has 9 nitrogen and oxygen atoms in total. The van der Waals surface area contributed by atoms with Crippen LogP contribution in [0.25, 0.3) is 11.0 Å². The van der Waals surface area contributed by atoms with Gasteiger partial charge in [0.1, 0.15) is 5.75 Å². The van der Waals surface area contributed by atoms with Gasteiger partial charge < -0.3 is 21.6 Å². The first-order valence-corrected chi connectivity index (χ1v) is 8.64. The van der Waals surface area contributed by atoms with Crippen molar-refractivity contribution in [3.05, 3.63) is 40.9 Å². The van der Waals surface area contributed by atoms with Gasteiger partial charge in [0, 0.05) is 0 Å². The van der Waals surface area contributed by atoms with Crippen LogP contribution in [0.2, 0.25) is 5.02 Å². The monoisotopic (exact) mass is 381 g/mol. The van der Waals surface area contributed by atoms with Crippen LogP contribution >= 0.6 is 11.6 Å². The minimum absolute atomic E-state index is 0.200. The van der Waals surface area contributed by atoms with Gasteiger partial charge in [0.15, 0.2) is 5.95 Å². The van der Waals surface area contributed by atoms with Crippen LogP contribution in [-0.4, -0.2) is 29.4 Å². The summed E-state index contributed by atoms with van der Waals surface area (Å²) in [4.78, 5) is 17.8. The van der Waals surface area contributed by atoms with Gasteiger partial charge in [-0.25, -0.2) is 13.4 Å². The highest BCUT2D eigenvalue weighted by molar-refractivity contribution is 7.92. The largest absolute Gasteiger partial charge is 0.506 e. The van der Waals surface area contributed by atoms with Gasteiger partial charge in [-0.05, 0) is 30.3 Å². The quantitative estimate of drug-likeness (QED) is 0.458. The molecule has 3 rings (SSSR count). The van der Waals surface area contributed by atoms with E-state index in [0.717, 1.165) is 12.1 Å². The van der Waals surface area contributed by atoms with E-state index >= 15 is 0 Å². The standard InChI is InChI=1S/C14H12ClN5O4S/c15-9-5-7(4-8(12(9)21)13(16)22)25(23,24)20-6-1-2-10-11(3-6)19-14(17)18-10/h1-5,20-21H,(H2,16,22)(H3,17,18,19). The van der Waals surface area contributed by atoms with Crippen molar-refractivity contribution in [3.8, 4) is 5.75 Å². The van der Waals surface area contributed by atoms with Crippen molar-refractivity contribution < 1.29 is 18.3 Å². The summed E-state index contributed by atoms with van der Waals surface area (Å²) in [7, 11) is -4.09. The zero-order valence-electron chi connectivity index (χ0n) is 12.4. The number of aromatic amines is 1. The van der Waals surface area contributed by atoms with Gasteiger partial charge in [-0.15, -0.1) is 0 Å². The van der Waals surface area contributed by atoms with Gasteiger partial charge in [0.2, 0.25) is 0 Å². The maximum atomic E-state index is 12.5. The van der Waals surface area contributed by atoms with Crippen LogP contribution in [0.5, 0.6) is 5.75 Å². The van der Waals surface area contributed by atoms with E-state index in [1.165, 1.54) is 12.1 Å². The smallest absolute Gasteiger partial charge is 0.261 e. The van der Waals surface area contributed by atoms with Crippen molar-refractivity contribution >= 4 is 50.2 Å². The zero-order chi connectivity index (χ0) is 18.4. The normalized spacial score (nSPS) is 11.6. The molecule has 0 radical (unpaired) electrons. The molecule has 0 aliphatic carbocycles. The van der Waals surface area contributed by atoms with Gasteiger partial charge in [0.25, 0.3) is 15.9 Å². The molecule has 0 unspecified atom stereocenters. The van der Waals surface area contributed by atoms with Crippen molar-refractivity contribution in [2.45, 2.75) is 4.90 Å². The number of primary amides is 1. The van der Waals surface area contributed by atoms with E-state index in [4.69, 9.17) is 23.1 Å². The van der Waals surface area contributed by atoms with Crippen molar-refractivity contribution in [1.82, 2.24) is 9.97 Å². The van der Waals surface area contributed by atoms with Crippen LogP contribution in [0.3, 0.4) is 0 Å². The molecule has 1 amide bonds. The second kappa shape index (κ2) is 5.83. The molecule has 2 aromatic carbocycles. The number of hydrogen-bond donors (Lipinski definition) is 5. The first-order chi connectivity index (χ1) is 11.7. The van der Waals surface area contributed by atoms with E-state index in [1.807, 2.05) is 0 Å². The fraction of sp³-hybridized carbons (Fsp3) is 0. The first kappa shape index (κ1) is 16.9. The number of imidazole rings is 1. The molecule has 1 aromatic heterocycles. The Morgan fingerprint density at radius 1 is 1.28 bits per heavy atom. The van der Waals surface area contributed by atoms with Crippen LogP contribution < -0.4 is 16.2 Å². The van der Waals surface area contributed by atoms with E-state index < -0.39 is 27.2 Å². The fourth-order valence-electron chi connectivity index (χ4n) is 2.22. The topological polar surface area (TPSA) is 164 Å². The summed E-state index contributed by atoms with van der Waals surface area (Å²) in [5.74, 6) is -1.39. The van der Waals surface area contributed by atoms with Crippen molar-refractivity contribution in [2.75, 3.05) is 10.5 Å². The molecule has 1 heterocycles. The Morgan fingerprint density at radius 2 is 2.00 bits per heavy atom. The minimum atomic E-state index is -4.09. The van der Waals surface area contributed by atoms with Gasteiger partial charge in [-0.2, -0.15) is 0 Å². The molecule has 0 spiro atoms. The summed E-state index contributed by atoms with van der Waals surface area (Å²) in [6.45, 7) is 0. The van der Waals surface area contributed by atoms with Gasteiger partial charge in [-0.1, -0.05) is 11.6 Å². The molecule has 0 fully saturated rings. The van der Waals surface area contributed by atoms with Gasteiger partial charge >= 0.3 is 0 Å². The SMILES string of the molecule is NC(=O)c1cc(S(=O)(=O)Nc2ccc3nc(N)[nH]c3c2)cc(Cl)c1O. The molecule has 7 N–H and O–H groups in total. The predicted molar refractivity (Wildman–Crippen MR) is 92.9 cm³/mol. The molecule has 11 heteroatoms. The third kappa shape index (κ3) is 3.16. The second-order valence-corrected chi connectivity index (χ2v) is 7.21. The van der Waals surface area contributed by atoms with Crippen LogP contribution in [0.4, 0.5) is 11.6 Å². The summed E-state index contributed by atoms with van der Waals surface area (Å²) in [6, 6.07) is 6.54. The van der Waals surface area contributed by atoms with Crippen molar-refractivity contribution in [2.24, 2.45) is 5.73 Å². The number of hydrogen-bond acceptors (Lipinski definition) is 6. The highest BCUT2D eigenvalue weighted by Crippen LogP contribution is 2.31. The molecule has 0 saturated heterocycles. The summed E-state index contributed by atoms with van der Waals surface area (Å²) in [5.41, 5.74) is 11.6. The van der Waals surface area contributed by atoms with Crippen LogP contribution in [0.15, 0.2) is 35.2 Å². The average Bonchev–Trinajstić information content (AvgIpc) is 2.88. The lowest BCUT2D eigenvalue weighted by molar-refractivity contribution is 0.0997. The number of nitrogen functional groups attached to an aromatic ring is 1. The number of nitrogens with two attached hydrogens (primary N) is 2. The van der Waals surface area contributed by atoms with Crippen LogP contribution in [-0.2, 0) is 10.0 Å². The number of amides is 1. The highest BCUT2D eigenvalue weighted by atomic mass is 35.5. The molecule has 0 saturated carbocycles. The summed E-state index contributed by atoms with van der Waals surface area (Å²) < 4.78 is 27.4. The van der Waals surface area contributed by atoms with Gasteiger partial charge in [-0.3, -0.25) is 9.52 Å². The van der Waals surface area contributed by atoms with E-state index in [2.05, 4.69) is 14.7 Å². The van der Waals surface area contributed by atoms with E-state index in [9.17, 15) is 18.3 Å². The number of carbonyl (C=O) groups is 1. The Labute approximate surface area is 146 Å². The second-order valence-electron chi connectivity index (χ2n) is 5.12. The number of nitrogens with one attached hydrogen (secondary N) is 2. The van der Waals surface area contributed by atoms with E-state index in [1.54, 1.807) is 6.07 Å². The number of anilines is 2. The molecule has 130 valence electrons. The number of H-pyrrole nitrogens is 1. The van der Waals surface area contributed by atoms with E-state index in [-0.39, 0.29) is 21.6 Å². The lowest BCUT2D eigenvalue weighted by Gasteiger charge is -2.11. The number of phenols is 1. The molecule has 0 aliphatic heterocycles. The highest BCUT2D eigenvalue weighted by Gasteiger charge is 2.21. The number of fused-ring (bicyclic) bond motifs is 1. The molecule has 0 bridgehead atoms. The lowest BCUT2D eigenvalue weighted by atomic mass is 10.2. The van der Waals surface area contributed by atoms with Crippen molar-refractivity contribution in [1.29, 1.82) is 0 Å². The number of sulfonamides is 1. The van der Waals surface area contributed by atoms with Gasteiger partial charge in [0.05, 0.1) is 32.2 Å². The van der Waals surface area contributed by atoms with E-state index in [0.29, 0.717) is 11.0 Å². The van der Waals surface area contributed by atoms with Crippen LogP contribution in [0.1, 0.15) is 10.4 Å². The Morgan fingerprint density at radius 3 is 2.68 bits per heavy atom. The maximum Gasteiger partial charge on any atom is 0.261 e. The maximum absolute atomic E-state index is 12.5. The average molecular weight is 382 g/mol. The molecule has 0 atom stereocenters. The molecule has 3 aromatic rings. The Balaban J connectivity index is 2.02. The number of carbonyl (C=O) groups excluding carboxylic acids is 1. The number of aromatic nitrogens is 2. The predicted octanol–water partition coefficient (Wildman–Crippen LogP) is 1.40. The summed E-state index contributed by atoms with van der Waals surface area (Å²) in [6.07, 6.45) is 0. The third-order valence-electron chi connectivity index (χ3n) is 3.37.